The van der Waals surface area contributed by atoms with Gasteiger partial charge >= 0.3 is 0 Å². The molecule has 0 bridgehead atoms. The van der Waals surface area contributed by atoms with E-state index < -0.39 is 0 Å². The summed E-state index contributed by atoms with van der Waals surface area (Å²) in [4.78, 5) is 0. The van der Waals surface area contributed by atoms with Gasteiger partial charge in [0.2, 0.25) is 0 Å². The Balaban J connectivity index is 2.16. The number of anilines is 1. The Labute approximate surface area is 120 Å². The van der Waals surface area contributed by atoms with Gasteiger partial charge in [-0.2, -0.15) is 0 Å². The second-order valence-electron chi connectivity index (χ2n) is 4.09. The van der Waals surface area contributed by atoms with Crippen LogP contribution in [-0.2, 0) is 0 Å². The molecule has 0 aromatic heterocycles. The molecule has 2 nitrogen and oxygen atoms in total. The van der Waals surface area contributed by atoms with Crippen LogP contribution in [0.25, 0.3) is 0 Å². The van der Waals surface area contributed by atoms with Crippen molar-refractivity contribution in [1.29, 1.82) is 0 Å². The number of hydrogen-bond donors (Lipinski definition) is 2. The number of nitrogens with one attached hydrogen (secondary N) is 1. The maximum atomic E-state index is 9.37. The average Bonchev–Trinajstić information content (AvgIpc) is 2.34. The molecule has 18 heavy (non-hydrogen) atoms. The van der Waals surface area contributed by atoms with Gasteiger partial charge < -0.3 is 10.4 Å². The Morgan fingerprint density at radius 3 is 2.67 bits per heavy atom. The smallest absolute Gasteiger partial charge is 0.134 e. The molecule has 2 aromatic rings. The number of halogens is 2. The van der Waals surface area contributed by atoms with E-state index in [2.05, 4.69) is 40.3 Å². The largest absolute Gasteiger partial charge is 0.506 e. The normalized spacial score (nSPS) is 12.2. The average molecular weight is 327 g/mol. The summed E-state index contributed by atoms with van der Waals surface area (Å²) in [7, 11) is 0. The van der Waals surface area contributed by atoms with E-state index in [9.17, 15) is 5.11 Å². The fourth-order valence-corrected chi connectivity index (χ4v) is 2.30. The minimum absolute atomic E-state index is 0.0947. The molecule has 1 atom stereocenters. The summed E-state index contributed by atoms with van der Waals surface area (Å²) >= 11 is 9.33. The molecule has 0 heterocycles. The lowest BCUT2D eigenvalue weighted by molar-refractivity contribution is 0.475. The third-order valence-corrected chi connectivity index (χ3v) is 3.48. The summed E-state index contributed by atoms with van der Waals surface area (Å²) in [5.74, 6) is 0.0947. The Kier molecular flexibility index (Phi) is 4.15. The molecule has 2 rings (SSSR count). The fraction of sp³-hybridized carbons (Fsp3) is 0.143. The van der Waals surface area contributed by atoms with Crippen molar-refractivity contribution in [2.45, 2.75) is 13.0 Å². The molecule has 0 spiro atoms. The van der Waals surface area contributed by atoms with Crippen LogP contribution in [0.5, 0.6) is 5.75 Å². The third-order valence-electron chi connectivity index (χ3n) is 2.68. The molecule has 0 saturated heterocycles. The highest BCUT2D eigenvalue weighted by atomic mass is 79.9. The van der Waals surface area contributed by atoms with Gasteiger partial charge in [0, 0.05) is 16.2 Å². The minimum Gasteiger partial charge on any atom is -0.506 e. The summed E-state index contributed by atoms with van der Waals surface area (Å²) in [5.41, 5.74) is 2.05. The first-order valence-corrected chi connectivity index (χ1v) is 6.74. The Morgan fingerprint density at radius 2 is 2.00 bits per heavy atom. The Bertz CT molecular complexity index is 559. The van der Waals surface area contributed by atoms with Crippen molar-refractivity contribution in [2.75, 3.05) is 5.32 Å². The van der Waals surface area contributed by atoms with Crippen molar-refractivity contribution in [3.63, 3.8) is 0 Å². The summed E-state index contributed by atoms with van der Waals surface area (Å²) in [6.07, 6.45) is 0. The molecule has 0 amide bonds. The highest BCUT2D eigenvalue weighted by Crippen LogP contribution is 2.28. The summed E-state index contributed by atoms with van der Waals surface area (Å²) in [6.45, 7) is 2.07. The van der Waals surface area contributed by atoms with Crippen LogP contribution >= 0.6 is 27.5 Å². The topological polar surface area (TPSA) is 32.3 Å². The summed E-state index contributed by atoms with van der Waals surface area (Å²) in [6, 6.07) is 13.4. The first-order valence-electron chi connectivity index (χ1n) is 5.57. The van der Waals surface area contributed by atoms with Crippen molar-refractivity contribution in [3.05, 3.63) is 57.5 Å². The van der Waals surface area contributed by atoms with Gasteiger partial charge in [-0.3, -0.25) is 0 Å². The van der Waals surface area contributed by atoms with Gasteiger partial charge in [-0.15, -0.1) is 0 Å². The van der Waals surface area contributed by atoms with Crippen molar-refractivity contribution >= 4 is 33.2 Å². The second kappa shape index (κ2) is 5.63. The SMILES string of the molecule is CC(Nc1ccc(O)c(Cl)c1)c1cccc(Br)c1. The number of benzene rings is 2. The standard InChI is InChI=1S/C14H13BrClNO/c1-9(10-3-2-4-11(15)7-10)17-12-5-6-14(18)13(16)8-12/h2-9,17-18H,1H3. The monoisotopic (exact) mass is 325 g/mol. The highest BCUT2D eigenvalue weighted by molar-refractivity contribution is 9.10. The molecular formula is C14H13BrClNO. The first kappa shape index (κ1) is 13.2. The number of hydrogen-bond acceptors (Lipinski definition) is 2. The van der Waals surface area contributed by atoms with Gasteiger partial charge in [0.1, 0.15) is 5.75 Å². The summed E-state index contributed by atoms with van der Waals surface area (Å²) in [5, 5.41) is 13.1. The zero-order valence-corrected chi connectivity index (χ0v) is 12.2. The van der Waals surface area contributed by atoms with Crippen molar-refractivity contribution in [2.24, 2.45) is 0 Å². The van der Waals surface area contributed by atoms with E-state index in [-0.39, 0.29) is 11.8 Å². The number of aromatic hydroxyl groups is 1. The quantitative estimate of drug-likeness (QED) is 0.780. The number of phenolic OH excluding ortho intramolecular Hbond substituents is 1. The van der Waals surface area contributed by atoms with Gasteiger partial charge in [0.25, 0.3) is 0 Å². The molecule has 0 aliphatic carbocycles. The lowest BCUT2D eigenvalue weighted by Crippen LogP contribution is -2.06. The zero-order chi connectivity index (χ0) is 13.1. The van der Waals surface area contributed by atoms with E-state index >= 15 is 0 Å². The molecule has 0 aliphatic rings. The van der Waals surface area contributed by atoms with Gasteiger partial charge in [-0.05, 0) is 42.8 Å². The van der Waals surface area contributed by atoms with Gasteiger partial charge in [-0.1, -0.05) is 39.7 Å². The van der Waals surface area contributed by atoms with E-state index in [4.69, 9.17) is 11.6 Å². The molecule has 0 fully saturated rings. The predicted octanol–water partition coefficient (Wildman–Crippen LogP) is 4.98. The van der Waals surface area contributed by atoms with Crippen LogP contribution in [0.3, 0.4) is 0 Å². The first-order chi connectivity index (χ1) is 8.56. The molecule has 0 radical (unpaired) electrons. The van der Waals surface area contributed by atoms with Crippen LogP contribution in [0.15, 0.2) is 46.9 Å². The molecule has 0 saturated carbocycles. The lowest BCUT2D eigenvalue weighted by Gasteiger charge is -2.16. The van der Waals surface area contributed by atoms with Gasteiger partial charge in [0.15, 0.2) is 0 Å². The maximum Gasteiger partial charge on any atom is 0.134 e. The van der Waals surface area contributed by atoms with E-state index in [0.717, 1.165) is 10.2 Å². The molecule has 94 valence electrons. The second-order valence-corrected chi connectivity index (χ2v) is 5.41. The van der Waals surface area contributed by atoms with Crippen molar-refractivity contribution in [1.82, 2.24) is 0 Å². The lowest BCUT2D eigenvalue weighted by atomic mass is 10.1. The molecule has 2 N–H and O–H groups in total. The van der Waals surface area contributed by atoms with Gasteiger partial charge in [0.05, 0.1) is 5.02 Å². The minimum atomic E-state index is 0.0947. The molecule has 2 aromatic carbocycles. The molecule has 4 heteroatoms. The van der Waals surface area contributed by atoms with E-state index in [1.165, 1.54) is 5.56 Å². The number of phenols is 1. The Hall–Kier alpha value is -1.19. The van der Waals surface area contributed by atoms with E-state index in [1.807, 2.05) is 12.1 Å². The third kappa shape index (κ3) is 3.18. The van der Waals surface area contributed by atoms with Crippen molar-refractivity contribution < 1.29 is 5.11 Å². The van der Waals surface area contributed by atoms with E-state index in [0.29, 0.717) is 5.02 Å². The molecule has 0 aliphatic heterocycles. The van der Waals surface area contributed by atoms with Gasteiger partial charge in [-0.25, -0.2) is 0 Å². The van der Waals surface area contributed by atoms with Crippen LogP contribution in [0.2, 0.25) is 5.02 Å². The van der Waals surface area contributed by atoms with Crippen LogP contribution in [-0.4, -0.2) is 5.11 Å². The maximum absolute atomic E-state index is 9.37. The van der Waals surface area contributed by atoms with Crippen LogP contribution in [0.4, 0.5) is 5.69 Å². The molecule has 1 unspecified atom stereocenters. The fourth-order valence-electron chi connectivity index (χ4n) is 1.71. The van der Waals surface area contributed by atoms with Crippen LogP contribution in [0.1, 0.15) is 18.5 Å². The van der Waals surface area contributed by atoms with Crippen molar-refractivity contribution in [3.8, 4) is 5.75 Å². The molecular weight excluding hydrogens is 314 g/mol. The Morgan fingerprint density at radius 1 is 1.22 bits per heavy atom. The summed E-state index contributed by atoms with van der Waals surface area (Å²) < 4.78 is 1.05. The predicted molar refractivity (Wildman–Crippen MR) is 79.3 cm³/mol. The van der Waals surface area contributed by atoms with Crippen LogP contribution in [0, 0.1) is 0 Å². The highest BCUT2D eigenvalue weighted by Gasteiger charge is 2.07. The van der Waals surface area contributed by atoms with Crippen LogP contribution < -0.4 is 5.32 Å². The number of rotatable bonds is 3. The zero-order valence-electron chi connectivity index (χ0n) is 9.82. The van der Waals surface area contributed by atoms with E-state index in [1.54, 1.807) is 18.2 Å².